The number of thiophene rings is 1. The first-order valence-corrected chi connectivity index (χ1v) is 11.7. The number of esters is 1. The van der Waals surface area contributed by atoms with Gasteiger partial charge in [0.05, 0.1) is 24.6 Å². The zero-order chi connectivity index (χ0) is 21.7. The second-order valence-corrected chi connectivity index (χ2v) is 9.18. The third-order valence-corrected chi connectivity index (χ3v) is 7.44. The second-order valence-electron chi connectivity index (χ2n) is 8.26. The summed E-state index contributed by atoms with van der Waals surface area (Å²) in [4.78, 5) is 26.9. The molecule has 2 N–H and O–H groups in total. The molecule has 3 aromatic rings. The van der Waals surface area contributed by atoms with Gasteiger partial charge in [0, 0.05) is 28.7 Å². The third kappa shape index (κ3) is 3.27. The van der Waals surface area contributed by atoms with Crippen molar-refractivity contribution in [2.24, 2.45) is 5.73 Å². The maximum absolute atomic E-state index is 13.2. The van der Waals surface area contributed by atoms with E-state index in [0.29, 0.717) is 11.1 Å². The van der Waals surface area contributed by atoms with Crippen molar-refractivity contribution in [1.82, 2.24) is 4.57 Å². The lowest BCUT2D eigenvalue weighted by atomic mass is 9.89. The number of nitrogens with two attached hydrogens (primary N) is 1. The monoisotopic (exact) mass is 438 g/mol. The molecule has 6 nitrogen and oxygen atoms in total. The number of carbonyl (C=O) groups excluding carboxylic acids is 1. The Kier molecular flexibility index (Phi) is 5.10. The van der Waals surface area contributed by atoms with E-state index in [1.807, 2.05) is 16.7 Å². The summed E-state index contributed by atoms with van der Waals surface area (Å²) >= 11 is 1.71. The predicted molar refractivity (Wildman–Crippen MR) is 122 cm³/mol. The summed E-state index contributed by atoms with van der Waals surface area (Å²) in [6.07, 6.45) is 6.77. The van der Waals surface area contributed by atoms with Crippen LogP contribution in [0.3, 0.4) is 0 Å². The molecule has 0 saturated heterocycles. The lowest BCUT2D eigenvalue weighted by Gasteiger charge is -2.21. The lowest BCUT2D eigenvalue weighted by Crippen LogP contribution is -2.21. The smallest absolute Gasteiger partial charge is 0.343 e. The summed E-state index contributed by atoms with van der Waals surface area (Å²) in [5, 5.41) is 2.64. The van der Waals surface area contributed by atoms with E-state index in [4.69, 9.17) is 15.2 Å². The first kappa shape index (κ1) is 20.3. The lowest BCUT2D eigenvalue weighted by molar-refractivity contribution is 0.0524. The summed E-state index contributed by atoms with van der Waals surface area (Å²) in [5.41, 5.74) is 10.3. The van der Waals surface area contributed by atoms with Crippen molar-refractivity contribution in [1.29, 1.82) is 0 Å². The maximum Gasteiger partial charge on any atom is 0.343 e. The molecule has 0 aliphatic heterocycles. The minimum atomic E-state index is -0.576. The molecule has 2 aliphatic carbocycles. The topological polar surface area (TPSA) is 83.6 Å². The van der Waals surface area contributed by atoms with Crippen LogP contribution in [0.4, 0.5) is 0 Å². The van der Waals surface area contributed by atoms with E-state index in [9.17, 15) is 9.59 Å². The van der Waals surface area contributed by atoms with Crippen LogP contribution in [0, 0.1) is 0 Å². The number of rotatable bonds is 5. The Morgan fingerprint density at radius 3 is 2.77 bits per heavy atom. The molecule has 7 heteroatoms. The van der Waals surface area contributed by atoms with Gasteiger partial charge in [-0.2, -0.15) is 0 Å². The van der Waals surface area contributed by atoms with Crippen LogP contribution in [0.5, 0.6) is 5.75 Å². The van der Waals surface area contributed by atoms with Gasteiger partial charge in [0.15, 0.2) is 5.75 Å². The maximum atomic E-state index is 13.2. The number of aromatic nitrogens is 1. The van der Waals surface area contributed by atoms with Gasteiger partial charge >= 0.3 is 5.97 Å². The quantitative estimate of drug-likeness (QED) is 0.589. The van der Waals surface area contributed by atoms with Gasteiger partial charge in [-0.15, -0.1) is 11.3 Å². The Morgan fingerprint density at radius 1 is 1.26 bits per heavy atom. The number of fused-ring (bicyclic) bond motifs is 2. The standard InChI is InChI=1S/C24H26N2O4S/c1-3-30-24(28)17-11-26(13-7-8-13)20-16(21(17)27)10-9-14(22(20)29-2)18-12-31-23-15(18)5-4-6-19(23)25/h9-13,19H,3-8,25H2,1-2H3. The van der Waals surface area contributed by atoms with Crippen LogP contribution in [-0.4, -0.2) is 24.3 Å². The average molecular weight is 439 g/mol. The van der Waals surface area contributed by atoms with E-state index in [1.54, 1.807) is 31.6 Å². The highest BCUT2D eigenvalue weighted by Gasteiger charge is 2.30. The van der Waals surface area contributed by atoms with Gasteiger partial charge in [-0.3, -0.25) is 4.79 Å². The molecule has 5 rings (SSSR count). The normalized spacial score (nSPS) is 18.1. The van der Waals surface area contributed by atoms with E-state index in [2.05, 4.69) is 5.38 Å². The molecule has 1 atom stereocenters. The van der Waals surface area contributed by atoms with E-state index >= 15 is 0 Å². The van der Waals surface area contributed by atoms with Crippen LogP contribution in [0.2, 0.25) is 0 Å². The van der Waals surface area contributed by atoms with Crippen molar-refractivity contribution in [2.75, 3.05) is 13.7 Å². The third-order valence-electron chi connectivity index (χ3n) is 6.28. The highest BCUT2D eigenvalue weighted by Crippen LogP contribution is 2.46. The van der Waals surface area contributed by atoms with Gasteiger partial charge in [-0.1, -0.05) is 0 Å². The number of methoxy groups -OCH3 is 1. The molecule has 0 bridgehead atoms. The molecule has 31 heavy (non-hydrogen) atoms. The van der Waals surface area contributed by atoms with Gasteiger partial charge in [0.1, 0.15) is 5.56 Å². The molecule has 0 amide bonds. The summed E-state index contributed by atoms with van der Waals surface area (Å²) in [5.74, 6) is 0.101. The highest BCUT2D eigenvalue weighted by molar-refractivity contribution is 7.10. The van der Waals surface area contributed by atoms with Crippen molar-refractivity contribution < 1.29 is 14.3 Å². The number of nitrogens with zero attached hydrogens (tertiary/aromatic N) is 1. The first-order valence-electron chi connectivity index (χ1n) is 10.8. The van der Waals surface area contributed by atoms with E-state index in [1.165, 1.54) is 10.4 Å². The van der Waals surface area contributed by atoms with Gasteiger partial charge in [0.25, 0.3) is 0 Å². The predicted octanol–water partition coefficient (Wildman–Crippen LogP) is 4.59. The fourth-order valence-corrected chi connectivity index (χ4v) is 5.82. The van der Waals surface area contributed by atoms with Crippen LogP contribution in [-0.2, 0) is 11.2 Å². The average Bonchev–Trinajstić information content (AvgIpc) is 3.52. The number of benzene rings is 1. The van der Waals surface area contributed by atoms with Crippen molar-refractivity contribution in [2.45, 2.75) is 51.1 Å². The Morgan fingerprint density at radius 2 is 2.06 bits per heavy atom. The van der Waals surface area contributed by atoms with Gasteiger partial charge in [-0.05, 0) is 67.7 Å². The number of hydrogen-bond donors (Lipinski definition) is 1. The van der Waals surface area contributed by atoms with Crippen LogP contribution < -0.4 is 15.9 Å². The van der Waals surface area contributed by atoms with Gasteiger partial charge in [0.2, 0.25) is 5.43 Å². The molecule has 0 radical (unpaired) electrons. The SMILES string of the molecule is CCOC(=O)c1cn(C2CC2)c2c(OC)c(-c3csc4c3CCCC4N)ccc2c1=O. The summed E-state index contributed by atoms with van der Waals surface area (Å²) < 4.78 is 13.1. The molecule has 162 valence electrons. The zero-order valence-corrected chi connectivity index (χ0v) is 18.6. The molecule has 1 saturated carbocycles. The summed E-state index contributed by atoms with van der Waals surface area (Å²) in [6, 6.07) is 4.11. The molecular weight excluding hydrogens is 412 g/mol. The largest absolute Gasteiger partial charge is 0.494 e. The van der Waals surface area contributed by atoms with Crippen molar-refractivity contribution >= 4 is 28.2 Å². The number of pyridine rings is 1. The van der Waals surface area contributed by atoms with Crippen LogP contribution in [0.1, 0.15) is 65.5 Å². The Balaban J connectivity index is 1.77. The Bertz CT molecular complexity index is 1240. The van der Waals surface area contributed by atoms with Crippen LogP contribution >= 0.6 is 11.3 Å². The zero-order valence-electron chi connectivity index (χ0n) is 17.8. The van der Waals surface area contributed by atoms with E-state index in [-0.39, 0.29) is 29.7 Å². The van der Waals surface area contributed by atoms with E-state index < -0.39 is 5.97 Å². The minimum Gasteiger partial charge on any atom is -0.494 e. The fourth-order valence-electron chi connectivity index (χ4n) is 4.65. The van der Waals surface area contributed by atoms with Gasteiger partial charge < -0.3 is 19.8 Å². The number of hydrogen-bond acceptors (Lipinski definition) is 6. The molecule has 2 aliphatic rings. The number of carbonyl (C=O) groups is 1. The first-order chi connectivity index (χ1) is 15.0. The van der Waals surface area contributed by atoms with Crippen LogP contribution in [0.25, 0.3) is 22.0 Å². The summed E-state index contributed by atoms with van der Waals surface area (Å²) in [7, 11) is 1.64. The van der Waals surface area contributed by atoms with Crippen molar-refractivity contribution in [3.8, 4) is 16.9 Å². The molecule has 2 heterocycles. The molecule has 1 aromatic carbocycles. The van der Waals surface area contributed by atoms with E-state index in [0.717, 1.165) is 48.7 Å². The Labute approximate surface area is 184 Å². The molecule has 2 aromatic heterocycles. The van der Waals surface area contributed by atoms with Gasteiger partial charge in [-0.25, -0.2) is 4.79 Å². The minimum absolute atomic E-state index is 0.0786. The molecule has 1 fully saturated rings. The number of ether oxygens (including phenoxy) is 2. The molecular formula is C24H26N2O4S. The second kappa shape index (κ2) is 7.80. The highest BCUT2D eigenvalue weighted by atomic mass is 32.1. The Hall–Kier alpha value is -2.64. The molecule has 0 spiro atoms. The van der Waals surface area contributed by atoms with Crippen molar-refractivity contribution in [3.05, 3.63) is 49.9 Å². The molecule has 1 unspecified atom stereocenters. The fraction of sp³-hybridized carbons (Fsp3) is 0.417. The van der Waals surface area contributed by atoms with Crippen molar-refractivity contribution in [3.63, 3.8) is 0 Å². The summed E-state index contributed by atoms with van der Waals surface area (Å²) in [6.45, 7) is 1.97. The van der Waals surface area contributed by atoms with Crippen LogP contribution in [0.15, 0.2) is 28.5 Å².